The third-order valence-electron chi connectivity index (χ3n) is 6.06. The van der Waals surface area contributed by atoms with Crippen molar-refractivity contribution in [1.29, 1.82) is 0 Å². The van der Waals surface area contributed by atoms with Crippen LogP contribution < -0.4 is 4.74 Å². The molecule has 2 aliphatic rings. The molecule has 166 valence electrons. The van der Waals surface area contributed by atoms with Crippen molar-refractivity contribution in [1.82, 2.24) is 14.8 Å². The third-order valence-corrected chi connectivity index (χ3v) is 6.29. The molecule has 0 radical (unpaired) electrons. The number of amides is 1. The van der Waals surface area contributed by atoms with Crippen LogP contribution in [0, 0.1) is 17.8 Å². The van der Waals surface area contributed by atoms with Gasteiger partial charge < -0.3 is 14.5 Å². The number of fused-ring (bicyclic) bond motifs is 1. The lowest BCUT2D eigenvalue weighted by Gasteiger charge is -2.25. The summed E-state index contributed by atoms with van der Waals surface area (Å²) >= 11 is 5.88. The molecule has 2 atom stereocenters. The van der Waals surface area contributed by atoms with E-state index in [-0.39, 0.29) is 23.9 Å². The van der Waals surface area contributed by atoms with Crippen molar-refractivity contribution in [3.05, 3.63) is 58.9 Å². The Morgan fingerprint density at radius 1 is 1.26 bits per heavy atom. The van der Waals surface area contributed by atoms with Crippen LogP contribution in [0.5, 0.6) is 5.75 Å². The summed E-state index contributed by atoms with van der Waals surface area (Å²) < 4.78 is 41.8. The SMILES string of the molecule is CCN1CC2C(C1)C2CN(Cc1cccc(OC(F)(F)F)c1)C(=O)c1ccc(Cl)cn1. The first-order valence-electron chi connectivity index (χ1n) is 10.2. The quantitative estimate of drug-likeness (QED) is 0.620. The minimum Gasteiger partial charge on any atom is -0.406 e. The standard InChI is InChI=1S/C22H23ClF3N3O2/c1-2-28-11-17-18(12-28)19(17)13-29(21(30)20-7-6-15(23)9-27-20)10-14-4-3-5-16(8-14)31-22(24,25)26/h3-9,17-19H,2,10-13H2,1H3. The Balaban J connectivity index is 1.51. The summed E-state index contributed by atoms with van der Waals surface area (Å²) in [6.07, 6.45) is -3.35. The summed E-state index contributed by atoms with van der Waals surface area (Å²) in [7, 11) is 0. The highest BCUT2D eigenvalue weighted by Crippen LogP contribution is 2.52. The molecule has 9 heteroatoms. The number of piperidine rings is 1. The normalized spacial score (nSPS) is 22.8. The van der Waals surface area contributed by atoms with Crippen molar-refractivity contribution in [2.75, 3.05) is 26.2 Å². The van der Waals surface area contributed by atoms with Crippen LogP contribution in [0.3, 0.4) is 0 Å². The number of rotatable bonds is 7. The van der Waals surface area contributed by atoms with E-state index in [0.29, 0.717) is 34.9 Å². The summed E-state index contributed by atoms with van der Waals surface area (Å²) in [6, 6.07) is 8.90. The van der Waals surface area contributed by atoms with E-state index in [1.807, 2.05) is 0 Å². The van der Waals surface area contributed by atoms with Crippen LogP contribution in [-0.2, 0) is 6.54 Å². The monoisotopic (exact) mass is 453 g/mol. The molecule has 0 bridgehead atoms. The Hall–Kier alpha value is -2.32. The molecular weight excluding hydrogens is 431 g/mol. The predicted molar refractivity (Wildman–Crippen MR) is 110 cm³/mol. The number of hydrogen-bond donors (Lipinski definition) is 0. The van der Waals surface area contributed by atoms with Gasteiger partial charge in [-0.15, -0.1) is 13.2 Å². The van der Waals surface area contributed by atoms with Gasteiger partial charge in [0.15, 0.2) is 0 Å². The van der Waals surface area contributed by atoms with Crippen LogP contribution in [0.2, 0.25) is 5.02 Å². The summed E-state index contributed by atoms with van der Waals surface area (Å²) in [4.78, 5) is 21.4. The molecule has 2 fully saturated rings. The number of nitrogens with zero attached hydrogens (tertiary/aromatic N) is 3. The van der Waals surface area contributed by atoms with E-state index in [2.05, 4.69) is 21.5 Å². The Kier molecular flexibility index (Phi) is 6.12. The van der Waals surface area contributed by atoms with Gasteiger partial charge in [-0.25, -0.2) is 4.98 Å². The molecule has 31 heavy (non-hydrogen) atoms. The zero-order valence-corrected chi connectivity index (χ0v) is 17.7. The second-order valence-corrected chi connectivity index (χ2v) is 8.52. The number of ether oxygens (including phenoxy) is 1. The van der Waals surface area contributed by atoms with Crippen molar-refractivity contribution in [3.63, 3.8) is 0 Å². The average molecular weight is 454 g/mol. The second kappa shape index (κ2) is 8.67. The van der Waals surface area contributed by atoms with E-state index in [1.54, 1.807) is 23.1 Å². The molecular formula is C22H23ClF3N3O2. The van der Waals surface area contributed by atoms with E-state index >= 15 is 0 Å². The largest absolute Gasteiger partial charge is 0.573 e. The molecule has 0 spiro atoms. The maximum atomic E-state index is 13.2. The van der Waals surface area contributed by atoms with Crippen LogP contribution >= 0.6 is 11.6 Å². The molecule has 1 saturated heterocycles. The number of halogens is 4. The highest BCUT2D eigenvalue weighted by Gasteiger charge is 2.55. The average Bonchev–Trinajstić information content (AvgIpc) is 3.15. The van der Waals surface area contributed by atoms with Crippen LogP contribution in [0.1, 0.15) is 23.0 Å². The van der Waals surface area contributed by atoms with E-state index in [9.17, 15) is 18.0 Å². The molecule has 2 aromatic rings. The topological polar surface area (TPSA) is 45.7 Å². The highest BCUT2D eigenvalue weighted by atomic mass is 35.5. The number of benzene rings is 1. The molecule has 1 saturated carbocycles. The smallest absolute Gasteiger partial charge is 0.406 e. The van der Waals surface area contributed by atoms with Crippen LogP contribution in [-0.4, -0.2) is 53.2 Å². The van der Waals surface area contributed by atoms with Gasteiger partial charge in [-0.2, -0.15) is 0 Å². The summed E-state index contributed by atoms with van der Waals surface area (Å²) in [5.41, 5.74) is 0.818. The summed E-state index contributed by atoms with van der Waals surface area (Å²) in [6.45, 7) is 5.93. The fraction of sp³-hybridized carbons (Fsp3) is 0.455. The maximum absolute atomic E-state index is 13.2. The molecule has 0 N–H and O–H groups in total. The first kappa shape index (κ1) is 21.9. The lowest BCUT2D eigenvalue weighted by molar-refractivity contribution is -0.274. The van der Waals surface area contributed by atoms with E-state index < -0.39 is 6.36 Å². The minimum atomic E-state index is -4.77. The van der Waals surface area contributed by atoms with Gasteiger partial charge >= 0.3 is 6.36 Å². The summed E-state index contributed by atoms with van der Waals surface area (Å²) in [5.74, 6) is 0.954. The number of carbonyl (C=O) groups excluding carboxylic acids is 1. The Labute approximate surface area is 183 Å². The zero-order valence-electron chi connectivity index (χ0n) is 17.0. The van der Waals surface area contributed by atoms with E-state index in [4.69, 9.17) is 11.6 Å². The molecule has 2 heterocycles. The molecule has 1 aromatic carbocycles. The minimum absolute atomic E-state index is 0.172. The van der Waals surface area contributed by atoms with Gasteiger partial charge in [0.05, 0.1) is 5.02 Å². The fourth-order valence-corrected chi connectivity index (χ4v) is 4.58. The second-order valence-electron chi connectivity index (χ2n) is 8.09. The number of alkyl halides is 3. The van der Waals surface area contributed by atoms with Gasteiger partial charge in [0.1, 0.15) is 11.4 Å². The number of likely N-dealkylation sites (tertiary alicyclic amines) is 1. The van der Waals surface area contributed by atoms with Crippen LogP contribution in [0.15, 0.2) is 42.6 Å². The molecule has 2 unspecified atom stereocenters. The first-order chi connectivity index (χ1) is 14.7. The lowest BCUT2D eigenvalue weighted by atomic mass is 10.1. The lowest BCUT2D eigenvalue weighted by Crippen LogP contribution is -2.35. The molecule has 1 aromatic heterocycles. The van der Waals surface area contributed by atoms with Gasteiger partial charge in [-0.3, -0.25) is 4.79 Å². The number of aromatic nitrogens is 1. The molecule has 1 aliphatic carbocycles. The van der Waals surface area contributed by atoms with Crippen molar-refractivity contribution in [2.24, 2.45) is 17.8 Å². The predicted octanol–water partition coefficient (Wildman–Crippen LogP) is 4.47. The Morgan fingerprint density at radius 3 is 2.61 bits per heavy atom. The van der Waals surface area contributed by atoms with Gasteiger partial charge in [0.25, 0.3) is 5.91 Å². The van der Waals surface area contributed by atoms with Crippen molar-refractivity contribution < 1.29 is 22.7 Å². The fourth-order valence-electron chi connectivity index (χ4n) is 4.47. The molecule has 1 aliphatic heterocycles. The van der Waals surface area contributed by atoms with Gasteiger partial charge in [-0.05, 0) is 54.1 Å². The van der Waals surface area contributed by atoms with E-state index in [1.165, 1.54) is 24.4 Å². The van der Waals surface area contributed by atoms with E-state index in [0.717, 1.165) is 19.6 Å². The molecule has 4 rings (SSSR count). The van der Waals surface area contributed by atoms with Gasteiger partial charge in [0.2, 0.25) is 0 Å². The van der Waals surface area contributed by atoms with Gasteiger partial charge in [-0.1, -0.05) is 30.7 Å². The number of pyridine rings is 1. The number of carbonyl (C=O) groups is 1. The zero-order chi connectivity index (χ0) is 22.2. The van der Waals surface area contributed by atoms with Crippen LogP contribution in [0.4, 0.5) is 13.2 Å². The maximum Gasteiger partial charge on any atom is 0.573 e. The Bertz CT molecular complexity index is 926. The third kappa shape index (κ3) is 5.30. The highest BCUT2D eigenvalue weighted by molar-refractivity contribution is 6.30. The Morgan fingerprint density at radius 2 is 2.00 bits per heavy atom. The number of hydrogen-bond acceptors (Lipinski definition) is 4. The van der Waals surface area contributed by atoms with Crippen molar-refractivity contribution in [2.45, 2.75) is 19.8 Å². The first-order valence-corrected chi connectivity index (χ1v) is 10.6. The molecule has 5 nitrogen and oxygen atoms in total. The van der Waals surface area contributed by atoms with Crippen molar-refractivity contribution in [3.8, 4) is 5.75 Å². The van der Waals surface area contributed by atoms with Crippen molar-refractivity contribution >= 4 is 17.5 Å². The van der Waals surface area contributed by atoms with Gasteiger partial charge in [0, 0.05) is 32.4 Å². The van der Waals surface area contributed by atoms with Crippen LogP contribution in [0.25, 0.3) is 0 Å². The molecule has 1 amide bonds. The summed E-state index contributed by atoms with van der Waals surface area (Å²) in [5, 5.41) is 0.427.